The molecule has 2 N–H and O–H groups in total. The Morgan fingerprint density at radius 3 is 2.68 bits per heavy atom. The molecule has 3 aliphatic rings. The molecule has 0 spiro atoms. The van der Waals surface area contributed by atoms with Gasteiger partial charge in [-0.05, 0) is 69.2 Å². The quantitative estimate of drug-likeness (QED) is 0.314. The van der Waals surface area contributed by atoms with Crippen LogP contribution in [0, 0.1) is 11.8 Å². The minimum absolute atomic E-state index is 0. The van der Waals surface area contributed by atoms with Gasteiger partial charge >= 0.3 is 0 Å². The number of piperidine rings is 1. The second kappa shape index (κ2) is 11.5. The van der Waals surface area contributed by atoms with Gasteiger partial charge in [-0.2, -0.15) is 0 Å². The molecule has 4 unspecified atom stereocenters. The third-order valence-corrected chi connectivity index (χ3v) is 7.10. The molecule has 1 amide bonds. The molecule has 1 aromatic rings. The fourth-order valence-electron chi connectivity index (χ4n) is 5.35. The fourth-order valence-corrected chi connectivity index (χ4v) is 5.35. The van der Waals surface area contributed by atoms with E-state index in [4.69, 9.17) is 4.42 Å². The van der Waals surface area contributed by atoms with Crippen LogP contribution in [-0.2, 0) is 4.79 Å². The third kappa shape index (κ3) is 6.37. The second-order valence-corrected chi connectivity index (χ2v) is 9.39. The molecular formula is C23H38IN5O2. The van der Waals surface area contributed by atoms with Crippen LogP contribution in [0.25, 0.3) is 0 Å². The van der Waals surface area contributed by atoms with Crippen LogP contribution in [0.1, 0.15) is 56.7 Å². The van der Waals surface area contributed by atoms with Crippen molar-refractivity contribution in [2.24, 2.45) is 16.8 Å². The van der Waals surface area contributed by atoms with Crippen molar-refractivity contribution in [2.45, 2.75) is 57.0 Å². The van der Waals surface area contributed by atoms with Crippen molar-refractivity contribution in [3.63, 3.8) is 0 Å². The summed E-state index contributed by atoms with van der Waals surface area (Å²) in [5.41, 5.74) is 0. The Morgan fingerprint density at radius 1 is 1.26 bits per heavy atom. The van der Waals surface area contributed by atoms with Gasteiger partial charge < -0.3 is 20.0 Å². The normalized spacial score (nSPS) is 26.9. The molecule has 1 aromatic heterocycles. The Balaban J connectivity index is 0.00000272. The number of carbonyl (C=O) groups excluding carboxylic acids is 1. The van der Waals surface area contributed by atoms with E-state index >= 15 is 0 Å². The SMILES string of the molecule is CN(C)C(=O)CN=C(NCC(c1ccco1)N1CCCCC1)NC1CC2CCC1C2.I. The van der Waals surface area contributed by atoms with Crippen molar-refractivity contribution < 1.29 is 9.21 Å². The number of rotatable bonds is 7. The van der Waals surface area contributed by atoms with E-state index in [0.717, 1.165) is 43.2 Å². The van der Waals surface area contributed by atoms with Crippen molar-refractivity contribution in [1.29, 1.82) is 0 Å². The zero-order chi connectivity index (χ0) is 20.9. The second-order valence-electron chi connectivity index (χ2n) is 9.39. The predicted molar refractivity (Wildman–Crippen MR) is 134 cm³/mol. The van der Waals surface area contributed by atoms with Crippen molar-refractivity contribution in [2.75, 3.05) is 40.3 Å². The number of guanidine groups is 1. The Morgan fingerprint density at radius 2 is 2.06 bits per heavy atom. The van der Waals surface area contributed by atoms with Crippen LogP contribution >= 0.6 is 24.0 Å². The van der Waals surface area contributed by atoms with Crippen LogP contribution in [0.4, 0.5) is 0 Å². The van der Waals surface area contributed by atoms with E-state index in [1.807, 2.05) is 6.07 Å². The summed E-state index contributed by atoms with van der Waals surface area (Å²) >= 11 is 0. The van der Waals surface area contributed by atoms with Gasteiger partial charge in [0.15, 0.2) is 5.96 Å². The summed E-state index contributed by atoms with van der Waals surface area (Å²) in [6.07, 6.45) is 10.8. The molecule has 4 rings (SSSR count). The predicted octanol–water partition coefficient (Wildman–Crippen LogP) is 3.24. The van der Waals surface area contributed by atoms with Crippen molar-refractivity contribution in [1.82, 2.24) is 20.4 Å². The third-order valence-electron chi connectivity index (χ3n) is 7.10. The first-order chi connectivity index (χ1) is 14.6. The molecule has 31 heavy (non-hydrogen) atoms. The first-order valence-corrected chi connectivity index (χ1v) is 11.6. The summed E-state index contributed by atoms with van der Waals surface area (Å²) < 4.78 is 5.78. The molecule has 2 bridgehead atoms. The highest BCUT2D eigenvalue weighted by Crippen LogP contribution is 2.44. The van der Waals surface area contributed by atoms with Crippen LogP contribution in [-0.4, -0.2) is 68.0 Å². The monoisotopic (exact) mass is 543 g/mol. The molecule has 2 aliphatic carbocycles. The van der Waals surface area contributed by atoms with Gasteiger partial charge in [0.05, 0.1) is 12.3 Å². The first-order valence-electron chi connectivity index (χ1n) is 11.6. The number of fused-ring (bicyclic) bond motifs is 2. The Kier molecular flexibility index (Phi) is 9.06. The fraction of sp³-hybridized carbons (Fsp3) is 0.739. The molecule has 8 heteroatoms. The summed E-state index contributed by atoms with van der Waals surface area (Å²) in [6, 6.07) is 4.68. The van der Waals surface area contributed by atoms with Gasteiger partial charge in [-0.25, -0.2) is 4.99 Å². The van der Waals surface area contributed by atoms with Gasteiger partial charge in [-0.1, -0.05) is 12.8 Å². The Bertz CT molecular complexity index is 718. The number of carbonyl (C=O) groups is 1. The van der Waals surface area contributed by atoms with E-state index in [2.05, 4.69) is 26.6 Å². The highest BCUT2D eigenvalue weighted by Gasteiger charge is 2.40. The number of likely N-dealkylation sites (tertiary alicyclic amines) is 1. The van der Waals surface area contributed by atoms with Gasteiger partial charge in [0.1, 0.15) is 12.3 Å². The van der Waals surface area contributed by atoms with Gasteiger partial charge in [0.25, 0.3) is 0 Å². The number of aliphatic imine (C=N–C) groups is 1. The summed E-state index contributed by atoms with van der Waals surface area (Å²) in [4.78, 5) is 20.9. The van der Waals surface area contributed by atoms with Gasteiger partial charge in [-0.15, -0.1) is 24.0 Å². The zero-order valence-corrected chi connectivity index (χ0v) is 21.2. The zero-order valence-electron chi connectivity index (χ0n) is 18.9. The molecular weight excluding hydrogens is 505 g/mol. The lowest BCUT2D eigenvalue weighted by Gasteiger charge is -2.34. The Hall–Kier alpha value is -1.29. The molecule has 0 radical (unpaired) electrons. The minimum Gasteiger partial charge on any atom is -0.468 e. The maximum absolute atomic E-state index is 12.1. The maximum atomic E-state index is 12.1. The van der Waals surface area contributed by atoms with E-state index in [1.165, 1.54) is 44.9 Å². The highest BCUT2D eigenvalue weighted by molar-refractivity contribution is 14.0. The van der Waals surface area contributed by atoms with Gasteiger partial charge in [0, 0.05) is 26.7 Å². The van der Waals surface area contributed by atoms with Crippen LogP contribution in [0.15, 0.2) is 27.8 Å². The van der Waals surface area contributed by atoms with Crippen molar-refractivity contribution in [3.8, 4) is 0 Å². The smallest absolute Gasteiger partial charge is 0.243 e. The highest BCUT2D eigenvalue weighted by atomic mass is 127. The lowest BCUT2D eigenvalue weighted by Crippen LogP contribution is -2.49. The summed E-state index contributed by atoms with van der Waals surface area (Å²) in [5.74, 6) is 3.38. The number of hydrogen-bond acceptors (Lipinski definition) is 4. The average molecular weight is 543 g/mol. The van der Waals surface area contributed by atoms with E-state index in [1.54, 1.807) is 25.3 Å². The lowest BCUT2D eigenvalue weighted by atomic mass is 9.95. The molecule has 3 fully saturated rings. The number of nitrogens with zero attached hydrogens (tertiary/aromatic N) is 3. The Labute approximate surface area is 203 Å². The number of nitrogens with one attached hydrogen (secondary N) is 2. The molecule has 0 aromatic carbocycles. The molecule has 1 aliphatic heterocycles. The lowest BCUT2D eigenvalue weighted by molar-refractivity contribution is -0.127. The van der Waals surface area contributed by atoms with Crippen molar-refractivity contribution in [3.05, 3.63) is 24.2 Å². The van der Waals surface area contributed by atoms with Crippen LogP contribution in [0.3, 0.4) is 0 Å². The largest absolute Gasteiger partial charge is 0.468 e. The van der Waals surface area contributed by atoms with Crippen LogP contribution < -0.4 is 10.6 Å². The summed E-state index contributed by atoms with van der Waals surface area (Å²) in [7, 11) is 3.55. The number of amides is 1. The van der Waals surface area contributed by atoms with E-state index in [9.17, 15) is 4.79 Å². The van der Waals surface area contributed by atoms with E-state index < -0.39 is 0 Å². The van der Waals surface area contributed by atoms with Crippen molar-refractivity contribution >= 4 is 35.8 Å². The number of furan rings is 1. The van der Waals surface area contributed by atoms with E-state index in [-0.39, 0.29) is 42.5 Å². The maximum Gasteiger partial charge on any atom is 0.243 e. The number of halogens is 1. The molecule has 7 nitrogen and oxygen atoms in total. The molecule has 174 valence electrons. The molecule has 2 saturated carbocycles. The van der Waals surface area contributed by atoms with Crippen LogP contribution in [0.5, 0.6) is 0 Å². The molecule has 1 saturated heterocycles. The van der Waals surface area contributed by atoms with E-state index in [0.29, 0.717) is 6.04 Å². The summed E-state index contributed by atoms with van der Waals surface area (Å²) in [6.45, 7) is 3.07. The number of hydrogen-bond donors (Lipinski definition) is 2. The van der Waals surface area contributed by atoms with Gasteiger partial charge in [0.2, 0.25) is 5.91 Å². The standard InChI is InChI=1S/C23H37N5O2.HI/c1-27(2)22(29)16-25-23(26-19-14-17-8-9-18(19)13-17)24-15-20(21-7-6-12-30-21)28-10-4-3-5-11-28;/h6-7,12,17-20H,3-5,8-11,13-16H2,1-2H3,(H2,24,25,26);1H. The van der Waals surface area contributed by atoms with Gasteiger partial charge in [-0.3, -0.25) is 9.69 Å². The first kappa shape index (κ1) is 24.4. The molecule has 4 atom stereocenters. The summed E-state index contributed by atoms with van der Waals surface area (Å²) in [5, 5.41) is 7.22. The van der Waals surface area contributed by atoms with Crippen LogP contribution in [0.2, 0.25) is 0 Å². The topological polar surface area (TPSA) is 73.1 Å². The minimum atomic E-state index is 0. The molecule has 2 heterocycles. The number of likely N-dealkylation sites (N-methyl/N-ethyl adjacent to an activating group) is 1. The average Bonchev–Trinajstić information content (AvgIpc) is 3.51.